The number of piperazine rings is 1. The van der Waals surface area contributed by atoms with Gasteiger partial charge in [0.25, 0.3) is 0 Å². The zero-order chi connectivity index (χ0) is 27.0. The van der Waals surface area contributed by atoms with Crippen LogP contribution in [0.5, 0.6) is 0 Å². The maximum atomic E-state index is 13.4. The lowest BCUT2D eigenvalue weighted by molar-refractivity contribution is -0.125. The monoisotopic (exact) mass is 524 g/mol. The van der Waals surface area contributed by atoms with Crippen molar-refractivity contribution in [3.63, 3.8) is 0 Å². The molecule has 2 aromatic rings. The predicted molar refractivity (Wildman–Crippen MR) is 141 cm³/mol. The molecule has 0 radical (unpaired) electrons. The first-order valence-corrected chi connectivity index (χ1v) is 13.0. The number of anilines is 2. The van der Waals surface area contributed by atoms with Crippen molar-refractivity contribution in [2.24, 2.45) is 0 Å². The standard InChI is InChI=1S/C25H32N8O3S/c1-24(2,3)36-23(35)33-12-10-32(11-13-33)22-29-9-7-16(30-22)19(27)31-21(34)25(4)8-5-6-17-18(25)15(14-26)20(28)37-17/h7,9H,5-6,8,10-13,28H2,1-4H3,(H2,27,31,34)/t25-/m0/s1. The molecule has 1 aliphatic carbocycles. The topological polar surface area (TPSA) is 161 Å². The SMILES string of the molecule is CC(C)(C)OC(=O)N1CCN(c2nccc(C(=N)NC(=O)[C@@]3(C)CCCc4sc(N)c(C#N)c43)n2)CC1. The lowest BCUT2D eigenvalue weighted by atomic mass is 9.72. The number of hydrogen-bond donors (Lipinski definition) is 3. The molecule has 2 amide bonds. The maximum Gasteiger partial charge on any atom is 0.410 e. The molecule has 4 N–H and O–H groups in total. The van der Waals surface area contributed by atoms with E-state index in [0.29, 0.717) is 54.7 Å². The molecule has 0 spiro atoms. The van der Waals surface area contributed by atoms with Crippen LogP contribution >= 0.6 is 11.3 Å². The second kappa shape index (κ2) is 9.97. The van der Waals surface area contributed by atoms with Gasteiger partial charge in [-0.25, -0.2) is 14.8 Å². The van der Waals surface area contributed by atoms with Crippen molar-refractivity contribution < 1.29 is 14.3 Å². The summed E-state index contributed by atoms with van der Waals surface area (Å²) in [5.41, 5.74) is 5.85. The summed E-state index contributed by atoms with van der Waals surface area (Å²) in [7, 11) is 0. The average Bonchev–Trinajstić information content (AvgIpc) is 3.19. The van der Waals surface area contributed by atoms with Crippen molar-refractivity contribution >= 4 is 40.1 Å². The van der Waals surface area contributed by atoms with E-state index in [1.54, 1.807) is 24.1 Å². The quantitative estimate of drug-likeness (QED) is 0.408. The summed E-state index contributed by atoms with van der Waals surface area (Å²) in [5.74, 6) is -0.0844. The zero-order valence-corrected chi connectivity index (χ0v) is 22.4. The van der Waals surface area contributed by atoms with Crippen LogP contribution in [0.1, 0.15) is 62.2 Å². The van der Waals surface area contributed by atoms with Crippen LogP contribution in [0.25, 0.3) is 0 Å². The van der Waals surface area contributed by atoms with E-state index in [1.165, 1.54) is 11.3 Å². The number of amides is 2. The molecule has 0 bridgehead atoms. The Hall–Kier alpha value is -3.72. The minimum atomic E-state index is -0.965. The van der Waals surface area contributed by atoms with Gasteiger partial charge in [0.05, 0.1) is 11.0 Å². The van der Waals surface area contributed by atoms with Gasteiger partial charge < -0.3 is 25.6 Å². The Morgan fingerprint density at radius 2 is 2.00 bits per heavy atom. The lowest BCUT2D eigenvalue weighted by Crippen LogP contribution is -2.50. The first-order valence-electron chi connectivity index (χ1n) is 12.2. The van der Waals surface area contributed by atoms with Gasteiger partial charge >= 0.3 is 6.09 Å². The van der Waals surface area contributed by atoms with E-state index in [9.17, 15) is 14.9 Å². The van der Waals surface area contributed by atoms with Gasteiger partial charge in [0.1, 0.15) is 22.4 Å². The van der Waals surface area contributed by atoms with Crippen LogP contribution in [0.4, 0.5) is 15.7 Å². The molecule has 37 heavy (non-hydrogen) atoms. The number of aryl methyl sites for hydroxylation is 1. The van der Waals surface area contributed by atoms with Gasteiger partial charge in [0, 0.05) is 42.8 Å². The van der Waals surface area contributed by atoms with Crippen LogP contribution in [0.3, 0.4) is 0 Å². The van der Waals surface area contributed by atoms with Crippen LogP contribution in [-0.4, -0.2) is 64.5 Å². The van der Waals surface area contributed by atoms with Crippen LogP contribution in [0, 0.1) is 16.7 Å². The molecule has 196 valence electrons. The van der Waals surface area contributed by atoms with Gasteiger partial charge in [-0.15, -0.1) is 11.3 Å². The van der Waals surface area contributed by atoms with E-state index in [1.807, 2.05) is 25.7 Å². The number of nitrogen functional groups attached to an aromatic ring is 1. The van der Waals surface area contributed by atoms with E-state index in [4.69, 9.17) is 15.9 Å². The number of nitriles is 1. The Balaban J connectivity index is 1.44. The normalized spacial score (nSPS) is 19.5. The van der Waals surface area contributed by atoms with Gasteiger partial charge in [-0.2, -0.15) is 5.26 Å². The number of carbonyl (C=O) groups excluding carboxylic acids is 2. The molecule has 4 rings (SSSR count). The van der Waals surface area contributed by atoms with Crippen molar-refractivity contribution in [3.05, 3.63) is 34.0 Å². The predicted octanol–water partition coefficient (Wildman–Crippen LogP) is 2.78. The highest BCUT2D eigenvalue weighted by molar-refractivity contribution is 7.16. The largest absolute Gasteiger partial charge is 0.444 e. The summed E-state index contributed by atoms with van der Waals surface area (Å²) >= 11 is 1.36. The van der Waals surface area contributed by atoms with Crippen molar-refractivity contribution in [1.29, 1.82) is 10.7 Å². The molecule has 11 nitrogen and oxygen atoms in total. The minimum Gasteiger partial charge on any atom is -0.444 e. The number of hydrogen-bond acceptors (Lipinski definition) is 10. The van der Waals surface area contributed by atoms with Crippen LogP contribution in [0.15, 0.2) is 12.3 Å². The first-order chi connectivity index (χ1) is 17.4. The summed E-state index contributed by atoms with van der Waals surface area (Å²) in [6, 6.07) is 3.73. The number of nitrogens with zero attached hydrogens (tertiary/aromatic N) is 5. The summed E-state index contributed by atoms with van der Waals surface area (Å²) in [6.07, 6.45) is 3.33. The molecule has 1 aliphatic heterocycles. The van der Waals surface area contributed by atoms with E-state index in [-0.39, 0.29) is 23.5 Å². The lowest BCUT2D eigenvalue weighted by Gasteiger charge is -2.35. The van der Waals surface area contributed by atoms with Crippen LogP contribution in [-0.2, 0) is 21.4 Å². The number of rotatable bonds is 3. The highest BCUT2D eigenvalue weighted by Crippen LogP contribution is 2.45. The molecule has 0 aromatic carbocycles. The molecule has 2 aliphatic rings. The van der Waals surface area contributed by atoms with Crippen molar-refractivity contribution in [1.82, 2.24) is 20.2 Å². The summed E-state index contributed by atoms with van der Waals surface area (Å²) in [6.45, 7) is 9.25. The highest BCUT2D eigenvalue weighted by atomic mass is 32.1. The van der Waals surface area contributed by atoms with Crippen molar-refractivity contribution in [2.75, 3.05) is 36.8 Å². The smallest absolute Gasteiger partial charge is 0.410 e. The third-order valence-electron chi connectivity index (χ3n) is 6.61. The minimum absolute atomic E-state index is 0.143. The number of nitrogens with two attached hydrogens (primary N) is 1. The molecule has 1 saturated heterocycles. The van der Waals surface area contributed by atoms with E-state index in [2.05, 4.69) is 21.4 Å². The van der Waals surface area contributed by atoms with Crippen LogP contribution in [0.2, 0.25) is 0 Å². The van der Waals surface area contributed by atoms with Gasteiger partial charge in [0.2, 0.25) is 11.9 Å². The van der Waals surface area contributed by atoms with E-state index < -0.39 is 11.0 Å². The molecule has 0 saturated carbocycles. The third kappa shape index (κ3) is 5.36. The Bertz CT molecular complexity index is 1270. The number of carbonyl (C=O) groups is 2. The molecular formula is C25H32N8O3S. The van der Waals surface area contributed by atoms with Crippen LogP contribution < -0.4 is 16.0 Å². The average molecular weight is 525 g/mol. The molecule has 2 aromatic heterocycles. The molecule has 12 heteroatoms. The van der Waals surface area contributed by atoms with Crippen molar-refractivity contribution in [3.8, 4) is 6.07 Å². The third-order valence-corrected chi connectivity index (χ3v) is 7.68. The number of amidine groups is 1. The van der Waals surface area contributed by atoms with Gasteiger partial charge in [-0.05, 0) is 53.0 Å². The molecular weight excluding hydrogens is 492 g/mol. The summed E-state index contributed by atoms with van der Waals surface area (Å²) < 4.78 is 5.45. The second-order valence-electron chi connectivity index (χ2n) is 10.5. The summed E-state index contributed by atoms with van der Waals surface area (Å²) in [4.78, 5) is 39.1. The van der Waals surface area contributed by atoms with E-state index in [0.717, 1.165) is 17.7 Å². The number of nitrogens with one attached hydrogen (secondary N) is 2. The van der Waals surface area contributed by atoms with Gasteiger partial charge in [0.15, 0.2) is 5.84 Å². The Morgan fingerprint density at radius 3 is 2.65 bits per heavy atom. The van der Waals surface area contributed by atoms with E-state index >= 15 is 0 Å². The highest BCUT2D eigenvalue weighted by Gasteiger charge is 2.43. The van der Waals surface area contributed by atoms with Gasteiger partial charge in [-0.3, -0.25) is 10.2 Å². The molecule has 1 atom stereocenters. The number of ether oxygens (including phenoxy) is 1. The zero-order valence-electron chi connectivity index (χ0n) is 21.6. The Kier molecular flexibility index (Phi) is 7.10. The second-order valence-corrected chi connectivity index (χ2v) is 11.6. The molecule has 1 fully saturated rings. The number of fused-ring (bicyclic) bond motifs is 1. The first kappa shape index (κ1) is 26.3. The van der Waals surface area contributed by atoms with Gasteiger partial charge in [-0.1, -0.05) is 0 Å². The maximum absolute atomic E-state index is 13.4. The Labute approximate surface area is 220 Å². The summed E-state index contributed by atoms with van der Waals surface area (Å²) in [5, 5.41) is 21.3. The Morgan fingerprint density at radius 1 is 1.30 bits per heavy atom. The molecule has 0 unspecified atom stereocenters. The fourth-order valence-corrected chi connectivity index (χ4v) is 5.88. The fraction of sp³-hybridized carbons (Fsp3) is 0.520. The van der Waals surface area contributed by atoms with Crippen molar-refractivity contribution in [2.45, 2.75) is 58.0 Å². The fourth-order valence-electron chi connectivity index (χ4n) is 4.69. The molecule has 3 heterocycles. The number of aromatic nitrogens is 2. The number of thiophene rings is 1.